The molecular weight excluding hydrogens is 312 g/mol. The van der Waals surface area contributed by atoms with Crippen molar-refractivity contribution in [2.75, 3.05) is 11.9 Å². The monoisotopic (exact) mass is 326 g/mol. The van der Waals surface area contributed by atoms with Gasteiger partial charge in [0.1, 0.15) is 11.6 Å². The predicted octanol–water partition coefficient (Wildman–Crippen LogP) is 3.53. The maximum Gasteiger partial charge on any atom is 0.238 e. The molecule has 3 nitrogen and oxygen atoms in total. The van der Waals surface area contributed by atoms with Crippen molar-refractivity contribution in [3.05, 3.63) is 65.2 Å². The summed E-state index contributed by atoms with van der Waals surface area (Å²) in [7, 11) is 0. The number of nitrogens with one attached hydrogen (secondary N) is 2. The van der Waals surface area contributed by atoms with Gasteiger partial charge in [-0.05, 0) is 36.8 Å². The maximum absolute atomic E-state index is 13.4. The second kappa shape index (κ2) is 7.23. The van der Waals surface area contributed by atoms with Crippen molar-refractivity contribution in [2.45, 2.75) is 13.0 Å². The highest BCUT2D eigenvalue weighted by Crippen LogP contribution is 2.16. The third-order valence-corrected chi connectivity index (χ3v) is 3.22. The molecule has 2 N–H and O–H groups in total. The Morgan fingerprint density at radius 2 is 1.74 bits per heavy atom. The Morgan fingerprint density at radius 1 is 1.00 bits per heavy atom. The molecule has 0 radical (unpaired) electrons. The predicted molar refractivity (Wildman–Crippen MR) is 77.8 cm³/mol. The minimum Gasteiger partial charge on any atom is -0.322 e. The molecule has 0 saturated heterocycles. The largest absolute Gasteiger partial charge is 0.322 e. The van der Waals surface area contributed by atoms with Gasteiger partial charge in [0.15, 0.2) is 11.6 Å². The fourth-order valence-electron chi connectivity index (χ4n) is 1.93. The van der Waals surface area contributed by atoms with Crippen LogP contribution in [0.15, 0.2) is 36.4 Å². The van der Waals surface area contributed by atoms with E-state index in [0.29, 0.717) is 11.6 Å². The third-order valence-electron chi connectivity index (χ3n) is 3.22. The van der Waals surface area contributed by atoms with Gasteiger partial charge in [0, 0.05) is 12.1 Å². The van der Waals surface area contributed by atoms with Crippen molar-refractivity contribution in [3.8, 4) is 0 Å². The number of amides is 1. The lowest BCUT2D eigenvalue weighted by atomic mass is 10.1. The normalized spacial score (nSPS) is 12.0. The second-order valence-corrected chi connectivity index (χ2v) is 4.95. The summed E-state index contributed by atoms with van der Waals surface area (Å²) in [5.74, 6) is -4.11. The summed E-state index contributed by atoms with van der Waals surface area (Å²) in [6, 6.07) is 5.80. The van der Waals surface area contributed by atoms with Crippen LogP contribution < -0.4 is 10.6 Å². The van der Waals surface area contributed by atoms with Gasteiger partial charge in [-0.2, -0.15) is 0 Å². The molecule has 2 aromatic rings. The summed E-state index contributed by atoms with van der Waals surface area (Å²) < 4.78 is 52.2. The molecule has 1 amide bonds. The first-order valence-corrected chi connectivity index (χ1v) is 6.80. The van der Waals surface area contributed by atoms with E-state index in [9.17, 15) is 22.4 Å². The van der Waals surface area contributed by atoms with Crippen LogP contribution >= 0.6 is 0 Å². The number of carbonyl (C=O) groups is 1. The van der Waals surface area contributed by atoms with Gasteiger partial charge in [-0.3, -0.25) is 4.79 Å². The summed E-state index contributed by atoms with van der Waals surface area (Å²) in [4.78, 5) is 11.7. The average molecular weight is 326 g/mol. The molecule has 0 aliphatic heterocycles. The number of carbonyl (C=O) groups excluding carboxylic acids is 1. The lowest BCUT2D eigenvalue weighted by Crippen LogP contribution is -2.30. The van der Waals surface area contributed by atoms with Crippen LogP contribution in [-0.4, -0.2) is 12.5 Å². The van der Waals surface area contributed by atoms with Gasteiger partial charge in [0.2, 0.25) is 5.91 Å². The third kappa shape index (κ3) is 4.53. The first-order chi connectivity index (χ1) is 10.9. The molecule has 0 heterocycles. The number of benzene rings is 2. The van der Waals surface area contributed by atoms with E-state index in [0.717, 1.165) is 24.3 Å². The number of hydrogen-bond acceptors (Lipinski definition) is 2. The Balaban J connectivity index is 1.91. The van der Waals surface area contributed by atoms with Gasteiger partial charge in [-0.1, -0.05) is 6.07 Å². The Kier molecular flexibility index (Phi) is 5.33. The van der Waals surface area contributed by atoms with Crippen LogP contribution in [0.25, 0.3) is 0 Å². The number of halogens is 4. The minimum atomic E-state index is -0.978. The molecule has 0 spiro atoms. The summed E-state index contributed by atoms with van der Waals surface area (Å²) >= 11 is 0. The van der Waals surface area contributed by atoms with Crippen molar-refractivity contribution in [1.82, 2.24) is 5.32 Å². The first-order valence-electron chi connectivity index (χ1n) is 6.80. The van der Waals surface area contributed by atoms with Crippen molar-refractivity contribution in [1.29, 1.82) is 0 Å². The molecule has 0 bridgehead atoms. The highest BCUT2D eigenvalue weighted by molar-refractivity contribution is 5.92. The highest BCUT2D eigenvalue weighted by Gasteiger charge is 2.12. The van der Waals surface area contributed by atoms with Gasteiger partial charge in [0.25, 0.3) is 0 Å². The lowest BCUT2D eigenvalue weighted by molar-refractivity contribution is -0.115. The standard InChI is InChI=1S/C16H14F4N2O/c1-9(10-2-4-12(18)13(19)6-10)21-8-16(23)22-15-5-3-11(17)7-14(15)20/h2-7,9,21H,8H2,1H3,(H,22,23)/t9-/m0/s1. The Labute approximate surface area is 130 Å². The molecule has 0 unspecified atom stereocenters. The lowest BCUT2D eigenvalue weighted by Gasteiger charge is -2.14. The number of rotatable bonds is 5. The molecule has 0 aromatic heterocycles. The Hall–Kier alpha value is -2.41. The molecule has 23 heavy (non-hydrogen) atoms. The minimum absolute atomic E-state index is 0.140. The van der Waals surface area contributed by atoms with E-state index in [1.165, 1.54) is 6.07 Å². The summed E-state index contributed by atoms with van der Waals surface area (Å²) in [6.07, 6.45) is 0. The van der Waals surface area contributed by atoms with Gasteiger partial charge in [-0.25, -0.2) is 17.6 Å². The molecule has 122 valence electrons. The Morgan fingerprint density at radius 3 is 2.39 bits per heavy atom. The highest BCUT2D eigenvalue weighted by atomic mass is 19.2. The van der Waals surface area contributed by atoms with Gasteiger partial charge in [0.05, 0.1) is 12.2 Å². The van der Waals surface area contributed by atoms with Gasteiger partial charge in [-0.15, -0.1) is 0 Å². The molecular formula is C16H14F4N2O. The SMILES string of the molecule is C[C@H](NCC(=O)Nc1ccc(F)cc1F)c1ccc(F)c(F)c1. The van der Waals surface area contributed by atoms with E-state index in [1.807, 2.05) is 0 Å². The van der Waals surface area contributed by atoms with Crippen molar-refractivity contribution in [3.63, 3.8) is 0 Å². The smallest absolute Gasteiger partial charge is 0.238 e. The molecule has 2 aromatic carbocycles. The number of anilines is 1. The molecule has 2 rings (SSSR count). The van der Waals surface area contributed by atoms with Crippen molar-refractivity contribution < 1.29 is 22.4 Å². The first kappa shape index (κ1) is 17.0. The van der Waals surface area contributed by atoms with Crippen molar-refractivity contribution >= 4 is 11.6 Å². The Bertz CT molecular complexity index is 721. The number of hydrogen-bond donors (Lipinski definition) is 2. The molecule has 1 atom stereocenters. The van der Waals surface area contributed by atoms with Crippen molar-refractivity contribution in [2.24, 2.45) is 0 Å². The van der Waals surface area contributed by atoms with Crippen LogP contribution in [0.2, 0.25) is 0 Å². The fourth-order valence-corrected chi connectivity index (χ4v) is 1.93. The van der Waals surface area contributed by atoms with E-state index >= 15 is 0 Å². The zero-order valence-electron chi connectivity index (χ0n) is 12.2. The summed E-state index contributed by atoms with van der Waals surface area (Å²) in [5, 5.41) is 5.09. The van der Waals surface area contributed by atoms with E-state index in [4.69, 9.17) is 0 Å². The summed E-state index contributed by atoms with van der Waals surface area (Å²) in [5.41, 5.74) is 0.323. The quantitative estimate of drug-likeness (QED) is 0.825. The second-order valence-electron chi connectivity index (χ2n) is 4.95. The fraction of sp³-hybridized carbons (Fsp3) is 0.188. The van der Waals surface area contributed by atoms with Crippen LogP contribution in [0.5, 0.6) is 0 Å². The van der Waals surface area contributed by atoms with Crippen LogP contribution in [0, 0.1) is 23.3 Å². The molecule has 0 saturated carbocycles. The van der Waals surface area contributed by atoms with E-state index < -0.39 is 35.2 Å². The molecule has 7 heteroatoms. The van der Waals surface area contributed by atoms with E-state index in [2.05, 4.69) is 10.6 Å². The zero-order valence-corrected chi connectivity index (χ0v) is 12.2. The van der Waals surface area contributed by atoms with E-state index in [-0.39, 0.29) is 12.2 Å². The van der Waals surface area contributed by atoms with Gasteiger partial charge >= 0.3 is 0 Å². The molecule has 0 aliphatic carbocycles. The van der Waals surface area contributed by atoms with Crippen LogP contribution in [0.1, 0.15) is 18.5 Å². The zero-order chi connectivity index (χ0) is 17.0. The maximum atomic E-state index is 13.4. The van der Waals surface area contributed by atoms with Crippen LogP contribution in [0.4, 0.5) is 23.2 Å². The summed E-state index contributed by atoms with van der Waals surface area (Å²) in [6.45, 7) is 1.48. The van der Waals surface area contributed by atoms with Gasteiger partial charge < -0.3 is 10.6 Å². The van der Waals surface area contributed by atoms with Crippen LogP contribution in [-0.2, 0) is 4.79 Å². The average Bonchev–Trinajstić information content (AvgIpc) is 2.50. The molecule has 0 aliphatic rings. The topological polar surface area (TPSA) is 41.1 Å². The van der Waals surface area contributed by atoms with Crippen LogP contribution in [0.3, 0.4) is 0 Å². The van der Waals surface area contributed by atoms with E-state index in [1.54, 1.807) is 6.92 Å². The molecule has 0 fully saturated rings.